The molecule has 2 heteroatoms. The van der Waals surface area contributed by atoms with Gasteiger partial charge in [-0.25, -0.2) is 0 Å². The Labute approximate surface area is 127 Å². The van der Waals surface area contributed by atoms with Crippen LogP contribution in [0.5, 0.6) is 0 Å². The van der Waals surface area contributed by atoms with E-state index in [1.54, 1.807) is 0 Å². The van der Waals surface area contributed by atoms with Gasteiger partial charge in [0.25, 0.3) is 0 Å². The second kappa shape index (κ2) is 6.83. The maximum Gasteiger partial charge on any atom is 0.165 e. The maximum atomic E-state index is 11.9. The molecule has 0 aliphatic heterocycles. The van der Waals surface area contributed by atoms with E-state index < -0.39 is 0 Å². The smallest absolute Gasteiger partial charge is 0.165 e. The molecule has 2 rings (SSSR count). The molecule has 0 aliphatic rings. The molecule has 0 unspecified atom stereocenters. The largest absolute Gasteiger partial charge is 0.294 e. The van der Waals surface area contributed by atoms with Crippen molar-refractivity contribution in [3.05, 3.63) is 71.3 Å². The summed E-state index contributed by atoms with van der Waals surface area (Å²) < 4.78 is 0. The first kappa shape index (κ1) is 14.3. The minimum absolute atomic E-state index is 0. The first-order chi connectivity index (χ1) is 7.75. The predicted molar refractivity (Wildman–Crippen MR) is 64.5 cm³/mol. The minimum Gasteiger partial charge on any atom is -0.294 e. The van der Waals surface area contributed by atoms with Crippen LogP contribution < -0.4 is 0 Å². The van der Waals surface area contributed by atoms with Gasteiger partial charge in [0.05, 0.1) is 0 Å². The molecule has 0 N–H and O–H groups in total. The average molecular weight is 298 g/mol. The van der Waals surface area contributed by atoms with Crippen LogP contribution >= 0.6 is 0 Å². The second-order valence-corrected chi connectivity index (χ2v) is 3.87. The number of benzene rings is 2. The van der Waals surface area contributed by atoms with Crippen molar-refractivity contribution in [2.24, 2.45) is 0 Å². The third-order valence-electron chi connectivity index (χ3n) is 2.53. The average Bonchev–Trinajstić information content (AvgIpc) is 2.31. The van der Waals surface area contributed by atoms with Gasteiger partial charge in [0, 0.05) is 44.7 Å². The fraction of sp³-hybridized carbons (Fsp3) is 0.133. The van der Waals surface area contributed by atoms with E-state index in [0.29, 0.717) is 6.42 Å². The fourth-order valence-corrected chi connectivity index (χ4v) is 1.57. The van der Waals surface area contributed by atoms with E-state index in [2.05, 4.69) is 6.07 Å². The second-order valence-electron chi connectivity index (χ2n) is 3.87. The van der Waals surface area contributed by atoms with Crippen molar-refractivity contribution < 1.29 is 37.5 Å². The molecule has 2 aromatic rings. The number of ketones is 1. The van der Waals surface area contributed by atoms with Crippen LogP contribution in [0.1, 0.15) is 21.5 Å². The van der Waals surface area contributed by atoms with Gasteiger partial charge in [0.1, 0.15) is 0 Å². The maximum absolute atomic E-state index is 11.9. The molecule has 0 fully saturated rings. The summed E-state index contributed by atoms with van der Waals surface area (Å²) in [7, 11) is 0. The molecule has 0 spiro atoms. The Morgan fingerprint density at radius 3 is 2.24 bits per heavy atom. The Balaban J connectivity index is 0.00000144. The van der Waals surface area contributed by atoms with E-state index >= 15 is 0 Å². The van der Waals surface area contributed by atoms with Gasteiger partial charge >= 0.3 is 0 Å². The number of hydrogen-bond acceptors (Lipinski definition) is 1. The normalized spacial score (nSPS) is 9.47. The summed E-state index contributed by atoms with van der Waals surface area (Å²) in [6.45, 7) is 2.02. The molecule has 1 radical (unpaired) electrons. The monoisotopic (exact) mass is 298 g/mol. The van der Waals surface area contributed by atoms with Crippen molar-refractivity contribution in [2.45, 2.75) is 13.3 Å². The van der Waals surface area contributed by atoms with Crippen LogP contribution in [0, 0.1) is 13.0 Å². The molecule has 0 amide bonds. The van der Waals surface area contributed by atoms with Crippen LogP contribution in [0.15, 0.2) is 48.5 Å². The van der Waals surface area contributed by atoms with E-state index in [1.807, 2.05) is 55.5 Å². The molecular formula is C15H13OY-. The van der Waals surface area contributed by atoms with Gasteiger partial charge in [-0.15, -0.1) is 0 Å². The fourth-order valence-electron chi connectivity index (χ4n) is 1.57. The molecule has 0 aliphatic carbocycles. The number of hydrogen-bond donors (Lipinski definition) is 0. The Morgan fingerprint density at radius 1 is 1.06 bits per heavy atom. The van der Waals surface area contributed by atoms with Crippen molar-refractivity contribution in [3.8, 4) is 0 Å². The molecule has 1 nitrogen and oxygen atoms in total. The zero-order valence-corrected chi connectivity index (χ0v) is 12.6. The van der Waals surface area contributed by atoms with Gasteiger partial charge in [0.15, 0.2) is 5.78 Å². The van der Waals surface area contributed by atoms with Crippen LogP contribution in [0.2, 0.25) is 0 Å². The Kier molecular flexibility index (Phi) is 5.74. The molecule has 0 saturated heterocycles. The minimum atomic E-state index is 0. The summed E-state index contributed by atoms with van der Waals surface area (Å²) >= 11 is 0. The Bertz CT molecular complexity index is 474. The topological polar surface area (TPSA) is 17.1 Å². The summed E-state index contributed by atoms with van der Waals surface area (Å²) in [6, 6.07) is 18.1. The summed E-state index contributed by atoms with van der Waals surface area (Å²) in [5.41, 5.74) is 2.98. The summed E-state index contributed by atoms with van der Waals surface area (Å²) in [5, 5.41) is 0. The van der Waals surface area contributed by atoms with Crippen molar-refractivity contribution in [1.82, 2.24) is 0 Å². The molecule has 0 heterocycles. The number of carbonyl (C=O) groups is 1. The van der Waals surface area contributed by atoms with E-state index in [0.717, 1.165) is 11.1 Å². The first-order valence-corrected chi connectivity index (χ1v) is 5.30. The molecule has 2 aromatic carbocycles. The van der Waals surface area contributed by atoms with Crippen molar-refractivity contribution in [2.75, 3.05) is 0 Å². The number of carbonyl (C=O) groups excluding carboxylic acids is 1. The van der Waals surface area contributed by atoms with Gasteiger partial charge in [-0.3, -0.25) is 4.79 Å². The zero-order valence-electron chi connectivity index (χ0n) is 9.81. The molecular weight excluding hydrogens is 285 g/mol. The number of rotatable bonds is 3. The van der Waals surface area contributed by atoms with Gasteiger partial charge < -0.3 is 0 Å². The molecule has 0 bridgehead atoms. The van der Waals surface area contributed by atoms with E-state index in [-0.39, 0.29) is 38.5 Å². The molecule has 0 atom stereocenters. The molecule has 17 heavy (non-hydrogen) atoms. The van der Waals surface area contributed by atoms with Crippen LogP contribution in [-0.2, 0) is 39.1 Å². The van der Waals surface area contributed by atoms with Crippen LogP contribution in [0.25, 0.3) is 0 Å². The third-order valence-corrected chi connectivity index (χ3v) is 2.53. The molecule has 0 aromatic heterocycles. The van der Waals surface area contributed by atoms with Gasteiger partial charge in [-0.1, -0.05) is 29.8 Å². The van der Waals surface area contributed by atoms with Crippen molar-refractivity contribution >= 4 is 5.78 Å². The molecule has 0 saturated carbocycles. The van der Waals surface area contributed by atoms with Crippen LogP contribution in [0.4, 0.5) is 0 Å². The van der Waals surface area contributed by atoms with E-state index in [9.17, 15) is 4.79 Å². The number of Topliss-reactive ketones (excluding diaryl/α,β-unsaturated/α-hetero) is 1. The summed E-state index contributed by atoms with van der Waals surface area (Å²) in [5.74, 6) is 0.159. The Morgan fingerprint density at radius 2 is 1.65 bits per heavy atom. The summed E-state index contributed by atoms with van der Waals surface area (Å²) in [4.78, 5) is 11.9. The quantitative estimate of drug-likeness (QED) is 0.628. The molecule has 83 valence electrons. The SMILES string of the molecule is Cc1ccc(C(=O)Cc2cc[c-]cc2)cc1.[Y]. The van der Waals surface area contributed by atoms with Crippen LogP contribution in [0.3, 0.4) is 0 Å². The first-order valence-electron chi connectivity index (χ1n) is 5.30. The van der Waals surface area contributed by atoms with Crippen LogP contribution in [-0.4, -0.2) is 5.78 Å². The zero-order chi connectivity index (χ0) is 11.4. The third kappa shape index (κ3) is 4.18. The van der Waals surface area contributed by atoms with E-state index in [4.69, 9.17) is 0 Å². The van der Waals surface area contributed by atoms with Gasteiger partial charge in [0.2, 0.25) is 0 Å². The Hall–Kier alpha value is -0.786. The van der Waals surface area contributed by atoms with Gasteiger partial charge in [-0.05, 0) is 6.92 Å². The standard InChI is InChI=1S/C15H13O.Y/c1-12-7-9-14(10-8-12)15(16)11-13-5-3-2-4-6-13;/h3-10H,11H2,1H3;/q-1;. The van der Waals surface area contributed by atoms with Crippen molar-refractivity contribution in [3.63, 3.8) is 0 Å². The van der Waals surface area contributed by atoms with E-state index in [1.165, 1.54) is 5.56 Å². The van der Waals surface area contributed by atoms with Gasteiger partial charge in [-0.2, -0.15) is 35.9 Å². The number of aryl methyl sites for hydroxylation is 1. The van der Waals surface area contributed by atoms with Crippen molar-refractivity contribution in [1.29, 1.82) is 0 Å². The summed E-state index contributed by atoms with van der Waals surface area (Å²) in [6.07, 6.45) is 0.456. The predicted octanol–water partition coefficient (Wildman–Crippen LogP) is 3.22.